The molecule has 1 rings (SSSR count). The molecule has 5 nitrogen and oxygen atoms in total. The molecule has 1 aromatic carbocycles. The summed E-state index contributed by atoms with van der Waals surface area (Å²) in [6.07, 6.45) is -3.61. The van der Waals surface area contributed by atoms with Crippen LogP contribution in [0.1, 0.15) is 15.9 Å². The molecule has 0 fully saturated rings. The van der Waals surface area contributed by atoms with Gasteiger partial charge in [-0.05, 0) is 24.6 Å². The predicted octanol–water partition coefficient (Wildman–Crippen LogP) is 1.62. The van der Waals surface area contributed by atoms with Crippen LogP contribution in [0.15, 0.2) is 23.1 Å². The number of halogens is 3. The van der Waals surface area contributed by atoms with Gasteiger partial charge in [0.1, 0.15) is 0 Å². The maximum absolute atomic E-state index is 11.9. The number of alkyl halides is 3. The van der Waals surface area contributed by atoms with Crippen molar-refractivity contribution in [2.75, 3.05) is 12.9 Å². The van der Waals surface area contributed by atoms with E-state index in [1.54, 1.807) is 5.48 Å². The number of nitrogens with one attached hydrogen (secondary N) is 1. The van der Waals surface area contributed by atoms with Gasteiger partial charge in [0.15, 0.2) is 16.4 Å². The maximum atomic E-state index is 11.9. The van der Waals surface area contributed by atoms with Crippen LogP contribution in [-0.4, -0.2) is 33.4 Å². The number of carbonyl (C=O) groups is 1. The lowest BCUT2D eigenvalue weighted by molar-refractivity contribution is -0.184. The topological polar surface area (TPSA) is 72.5 Å². The standard InChI is InChI=1S/C11H12F3NO4S/c1-7-3-4-8(20(2,17)18)5-9(7)10(16)15-19-6-11(12,13)14/h3-5H,6H2,1-2H3,(H,15,16). The third-order valence-corrected chi connectivity index (χ3v) is 3.39. The Morgan fingerprint density at radius 3 is 2.45 bits per heavy atom. The van der Waals surface area contributed by atoms with Gasteiger partial charge in [-0.25, -0.2) is 13.9 Å². The minimum absolute atomic E-state index is 0.0740. The highest BCUT2D eigenvalue weighted by atomic mass is 32.2. The molecule has 0 aliphatic carbocycles. The second kappa shape index (κ2) is 5.80. The summed E-state index contributed by atoms with van der Waals surface area (Å²) in [5.41, 5.74) is 1.96. The number of hydroxylamine groups is 1. The molecule has 0 bridgehead atoms. The van der Waals surface area contributed by atoms with Crippen LogP contribution >= 0.6 is 0 Å². The first-order valence-electron chi connectivity index (χ1n) is 5.30. The summed E-state index contributed by atoms with van der Waals surface area (Å²) in [5.74, 6) is -0.947. The SMILES string of the molecule is Cc1ccc(S(C)(=O)=O)cc1C(=O)NOCC(F)(F)F. The van der Waals surface area contributed by atoms with Crippen LogP contribution in [-0.2, 0) is 14.7 Å². The summed E-state index contributed by atoms with van der Waals surface area (Å²) < 4.78 is 58.3. The molecule has 1 N–H and O–H groups in total. The molecular formula is C11H12F3NO4S. The van der Waals surface area contributed by atoms with Crippen molar-refractivity contribution in [3.63, 3.8) is 0 Å². The normalized spacial score (nSPS) is 12.2. The Kier molecular flexibility index (Phi) is 4.77. The molecule has 0 aliphatic rings. The first-order valence-corrected chi connectivity index (χ1v) is 7.19. The molecule has 0 spiro atoms. The third kappa shape index (κ3) is 4.82. The van der Waals surface area contributed by atoms with Gasteiger partial charge in [-0.2, -0.15) is 13.2 Å². The average molecular weight is 311 g/mol. The van der Waals surface area contributed by atoms with Gasteiger partial charge in [-0.15, -0.1) is 0 Å². The van der Waals surface area contributed by atoms with Crippen LogP contribution in [0.25, 0.3) is 0 Å². The minimum atomic E-state index is -4.57. The van der Waals surface area contributed by atoms with Crippen molar-refractivity contribution in [3.8, 4) is 0 Å². The number of aryl methyl sites for hydroxylation is 1. The Balaban J connectivity index is 2.88. The number of hydrogen-bond acceptors (Lipinski definition) is 4. The summed E-state index contributed by atoms with van der Waals surface area (Å²) >= 11 is 0. The van der Waals surface area contributed by atoms with Crippen molar-refractivity contribution < 1.29 is 31.2 Å². The fourth-order valence-electron chi connectivity index (χ4n) is 1.31. The van der Waals surface area contributed by atoms with Crippen LogP contribution < -0.4 is 5.48 Å². The van der Waals surface area contributed by atoms with Crippen molar-refractivity contribution in [1.82, 2.24) is 5.48 Å². The van der Waals surface area contributed by atoms with E-state index in [-0.39, 0.29) is 10.5 Å². The summed E-state index contributed by atoms with van der Waals surface area (Å²) in [5, 5.41) is 0. The Bertz CT molecular complexity index is 611. The molecule has 0 aromatic heterocycles. The highest BCUT2D eigenvalue weighted by Crippen LogP contribution is 2.16. The first kappa shape index (κ1) is 16.4. The molecule has 20 heavy (non-hydrogen) atoms. The van der Waals surface area contributed by atoms with Crippen molar-refractivity contribution in [3.05, 3.63) is 29.3 Å². The zero-order valence-electron chi connectivity index (χ0n) is 10.6. The molecule has 1 aromatic rings. The smallest absolute Gasteiger partial charge is 0.267 e. The molecule has 1 amide bonds. The Morgan fingerprint density at radius 1 is 1.35 bits per heavy atom. The molecule has 0 unspecified atom stereocenters. The Hall–Kier alpha value is -1.61. The second-order valence-electron chi connectivity index (χ2n) is 4.08. The number of amides is 1. The number of hydrogen-bond donors (Lipinski definition) is 1. The monoisotopic (exact) mass is 311 g/mol. The van der Waals surface area contributed by atoms with Crippen molar-refractivity contribution in [2.24, 2.45) is 0 Å². The molecule has 0 heterocycles. The lowest BCUT2D eigenvalue weighted by atomic mass is 10.1. The molecule has 0 saturated carbocycles. The zero-order valence-corrected chi connectivity index (χ0v) is 11.4. The van der Waals surface area contributed by atoms with E-state index in [0.717, 1.165) is 12.3 Å². The molecule has 112 valence electrons. The van der Waals surface area contributed by atoms with Crippen molar-refractivity contribution in [1.29, 1.82) is 0 Å². The van der Waals surface area contributed by atoms with Gasteiger partial charge in [0.05, 0.1) is 4.90 Å². The van der Waals surface area contributed by atoms with Crippen molar-refractivity contribution in [2.45, 2.75) is 18.0 Å². The fourth-order valence-corrected chi connectivity index (χ4v) is 1.96. The van der Waals surface area contributed by atoms with Crippen LogP contribution in [0.5, 0.6) is 0 Å². The van der Waals surface area contributed by atoms with Gasteiger partial charge in [-0.3, -0.25) is 9.63 Å². The van der Waals surface area contributed by atoms with E-state index in [1.807, 2.05) is 0 Å². The van der Waals surface area contributed by atoms with E-state index in [1.165, 1.54) is 19.1 Å². The fraction of sp³-hybridized carbons (Fsp3) is 0.364. The number of sulfone groups is 1. The Labute approximate surface area is 113 Å². The number of rotatable bonds is 4. The quantitative estimate of drug-likeness (QED) is 0.858. The van der Waals surface area contributed by atoms with Gasteiger partial charge in [0.25, 0.3) is 5.91 Å². The van der Waals surface area contributed by atoms with E-state index in [0.29, 0.717) is 5.56 Å². The van der Waals surface area contributed by atoms with E-state index in [9.17, 15) is 26.4 Å². The lowest BCUT2D eigenvalue weighted by Gasteiger charge is -2.10. The molecule has 0 saturated heterocycles. The third-order valence-electron chi connectivity index (χ3n) is 2.28. The summed E-state index contributed by atoms with van der Waals surface area (Å²) in [6.45, 7) is -0.117. The van der Waals surface area contributed by atoms with Gasteiger partial charge >= 0.3 is 6.18 Å². The highest BCUT2D eigenvalue weighted by molar-refractivity contribution is 7.90. The van der Waals surface area contributed by atoms with Crippen LogP contribution in [0, 0.1) is 6.92 Å². The van der Waals surface area contributed by atoms with Gasteiger partial charge in [0, 0.05) is 11.8 Å². The van der Waals surface area contributed by atoms with E-state index in [2.05, 4.69) is 4.84 Å². The average Bonchev–Trinajstić information content (AvgIpc) is 2.25. The molecule has 0 atom stereocenters. The van der Waals surface area contributed by atoms with Gasteiger partial charge < -0.3 is 0 Å². The molecular weight excluding hydrogens is 299 g/mol. The maximum Gasteiger partial charge on any atom is 0.414 e. The van der Waals surface area contributed by atoms with Gasteiger partial charge in [-0.1, -0.05) is 6.07 Å². The largest absolute Gasteiger partial charge is 0.414 e. The van der Waals surface area contributed by atoms with E-state index in [4.69, 9.17) is 0 Å². The predicted molar refractivity (Wildman–Crippen MR) is 63.8 cm³/mol. The lowest BCUT2D eigenvalue weighted by Crippen LogP contribution is -2.30. The number of benzene rings is 1. The molecule has 0 radical (unpaired) electrons. The zero-order chi connectivity index (χ0) is 15.6. The van der Waals surface area contributed by atoms with E-state index >= 15 is 0 Å². The first-order chi connectivity index (χ1) is 9.00. The summed E-state index contributed by atoms with van der Waals surface area (Å²) in [4.78, 5) is 15.5. The minimum Gasteiger partial charge on any atom is -0.267 e. The molecule has 9 heteroatoms. The van der Waals surface area contributed by atoms with E-state index < -0.39 is 28.5 Å². The summed E-state index contributed by atoms with van der Waals surface area (Å²) in [7, 11) is -3.52. The second-order valence-corrected chi connectivity index (χ2v) is 6.10. The highest BCUT2D eigenvalue weighted by Gasteiger charge is 2.28. The molecule has 0 aliphatic heterocycles. The summed E-state index contributed by atoms with van der Waals surface area (Å²) in [6, 6.07) is 3.77. The van der Waals surface area contributed by atoms with Crippen LogP contribution in [0.4, 0.5) is 13.2 Å². The van der Waals surface area contributed by atoms with Crippen LogP contribution in [0.2, 0.25) is 0 Å². The number of carbonyl (C=O) groups excluding carboxylic acids is 1. The van der Waals surface area contributed by atoms with Gasteiger partial charge in [0.2, 0.25) is 0 Å². The van der Waals surface area contributed by atoms with Crippen LogP contribution in [0.3, 0.4) is 0 Å². The van der Waals surface area contributed by atoms with Crippen molar-refractivity contribution >= 4 is 15.7 Å². The Morgan fingerprint density at radius 2 is 1.95 bits per heavy atom.